The van der Waals surface area contributed by atoms with E-state index in [1.165, 1.54) is 0 Å². The molecule has 0 spiro atoms. The molecule has 0 fully saturated rings. The molecule has 0 saturated carbocycles. The van der Waals surface area contributed by atoms with Gasteiger partial charge in [-0.1, -0.05) is 0 Å². The highest BCUT2D eigenvalue weighted by molar-refractivity contribution is 9.10. The van der Waals surface area contributed by atoms with Gasteiger partial charge in [-0.2, -0.15) is 5.10 Å². The number of halogens is 1. The Balaban J connectivity index is 2.75. The molecule has 0 atom stereocenters. The van der Waals surface area contributed by atoms with Gasteiger partial charge in [0.1, 0.15) is 4.60 Å². The second-order valence-electron chi connectivity index (χ2n) is 2.51. The van der Waals surface area contributed by atoms with E-state index >= 15 is 0 Å². The van der Waals surface area contributed by atoms with Gasteiger partial charge < -0.3 is 0 Å². The molecule has 62 valence electrons. The van der Waals surface area contributed by atoms with Crippen LogP contribution in [0, 0.1) is 0 Å². The van der Waals surface area contributed by atoms with Crippen LogP contribution in [0.25, 0.3) is 11.0 Å². The number of aromatic nitrogens is 3. The first-order valence-electron chi connectivity index (χ1n) is 3.79. The van der Waals surface area contributed by atoms with Crippen molar-refractivity contribution in [2.45, 2.75) is 13.5 Å². The summed E-state index contributed by atoms with van der Waals surface area (Å²) in [5.41, 5.74) is 0.937. The number of pyridine rings is 1. The van der Waals surface area contributed by atoms with Gasteiger partial charge in [0.25, 0.3) is 0 Å². The van der Waals surface area contributed by atoms with Crippen molar-refractivity contribution in [2.75, 3.05) is 0 Å². The number of rotatable bonds is 1. The topological polar surface area (TPSA) is 30.7 Å². The lowest BCUT2D eigenvalue weighted by Crippen LogP contribution is -1.96. The predicted octanol–water partition coefficient (Wildman–Crippen LogP) is 2.21. The first-order chi connectivity index (χ1) is 5.81. The molecule has 0 amide bonds. The van der Waals surface area contributed by atoms with Crippen LogP contribution in [0.2, 0.25) is 0 Å². The zero-order chi connectivity index (χ0) is 8.55. The molecule has 2 aromatic heterocycles. The number of aryl methyl sites for hydroxylation is 1. The molecule has 3 nitrogen and oxygen atoms in total. The highest BCUT2D eigenvalue weighted by Crippen LogP contribution is 2.14. The Hall–Kier alpha value is -0.900. The van der Waals surface area contributed by atoms with Crippen LogP contribution in [0.1, 0.15) is 6.92 Å². The van der Waals surface area contributed by atoms with Crippen LogP contribution < -0.4 is 0 Å². The van der Waals surface area contributed by atoms with Crippen LogP contribution in [0.5, 0.6) is 0 Å². The van der Waals surface area contributed by atoms with E-state index in [0.717, 1.165) is 22.2 Å². The van der Waals surface area contributed by atoms with Crippen LogP contribution in [-0.4, -0.2) is 14.8 Å². The van der Waals surface area contributed by atoms with Crippen LogP contribution in [0.3, 0.4) is 0 Å². The second kappa shape index (κ2) is 2.86. The third-order valence-corrected chi connectivity index (χ3v) is 2.19. The largest absolute Gasteiger partial charge is 0.248 e. The van der Waals surface area contributed by atoms with Crippen molar-refractivity contribution in [3.63, 3.8) is 0 Å². The summed E-state index contributed by atoms with van der Waals surface area (Å²) in [6.45, 7) is 2.90. The van der Waals surface area contributed by atoms with Crippen molar-refractivity contribution in [1.82, 2.24) is 14.8 Å². The molecule has 0 unspecified atom stereocenters. The van der Waals surface area contributed by atoms with Crippen molar-refractivity contribution in [1.29, 1.82) is 0 Å². The van der Waals surface area contributed by atoms with Gasteiger partial charge in [0.2, 0.25) is 0 Å². The summed E-state index contributed by atoms with van der Waals surface area (Å²) in [5, 5.41) is 5.27. The fourth-order valence-corrected chi connectivity index (χ4v) is 1.46. The maximum atomic E-state index is 4.32. The van der Waals surface area contributed by atoms with E-state index in [1.54, 1.807) is 0 Å². The quantitative estimate of drug-likeness (QED) is 0.698. The van der Waals surface area contributed by atoms with Crippen molar-refractivity contribution in [3.8, 4) is 0 Å². The van der Waals surface area contributed by atoms with Crippen molar-refractivity contribution in [2.24, 2.45) is 0 Å². The third-order valence-electron chi connectivity index (χ3n) is 1.75. The van der Waals surface area contributed by atoms with Gasteiger partial charge in [0, 0.05) is 11.9 Å². The van der Waals surface area contributed by atoms with E-state index in [2.05, 4.69) is 32.9 Å². The van der Waals surface area contributed by atoms with Gasteiger partial charge in [-0.25, -0.2) is 9.67 Å². The summed E-state index contributed by atoms with van der Waals surface area (Å²) in [6.07, 6.45) is 1.83. The van der Waals surface area contributed by atoms with E-state index in [0.29, 0.717) is 0 Å². The highest BCUT2D eigenvalue weighted by Gasteiger charge is 2.01. The Morgan fingerprint density at radius 2 is 2.33 bits per heavy atom. The van der Waals surface area contributed by atoms with Crippen LogP contribution in [0.15, 0.2) is 22.9 Å². The molecular weight excluding hydrogens is 218 g/mol. The molecule has 0 N–H and O–H groups in total. The Labute approximate surface area is 78.5 Å². The average molecular weight is 226 g/mol. The summed E-state index contributed by atoms with van der Waals surface area (Å²) in [5.74, 6) is 0. The lowest BCUT2D eigenvalue weighted by atomic mass is 10.4. The lowest BCUT2D eigenvalue weighted by molar-refractivity contribution is 0.676. The van der Waals surface area contributed by atoms with E-state index in [9.17, 15) is 0 Å². The number of hydrogen-bond donors (Lipinski definition) is 0. The molecule has 0 radical (unpaired) electrons. The molecule has 0 aromatic carbocycles. The maximum absolute atomic E-state index is 4.32. The molecule has 0 saturated heterocycles. The summed E-state index contributed by atoms with van der Waals surface area (Å²) in [6, 6.07) is 3.93. The molecule has 0 aliphatic rings. The van der Waals surface area contributed by atoms with Crippen LogP contribution >= 0.6 is 15.9 Å². The van der Waals surface area contributed by atoms with E-state index in [-0.39, 0.29) is 0 Å². The lowest BCUT2D eigenvalue weighted by Gasteiger charge is -1.96. The Bertz CT molecular complexity index is 408. The smallest absolute Gasteiger partial charge is 0.159 e. The fraction of sp³-hybridized carbons (Fsp3) is 0.250. The molecule has 2 heterocycles. The molecule has 0 bridgehead atoms. The first-order valence-corrected chi connectivity index (χ1v) is 4.58. The van der Waals surface area contributed by atoms with E-state index in [1.807, 2.05) is 23.0 Å². The highest BCUT2D eigenvalue weighted by atomic mass is 79.9. The molecule has 0 aliphatic carbocycles. The predicted molar refractivity (Wildman–Crippen MR) is 50.9 cm³/mol. The SMILES string of the molecule is CCn1ncc2ccc(Br)nc21. The minimum Gasteiger partial charge on any atom is -0.248 e. The van der Waals surface area contributed by atoms with Gasteiger partial charge in [0.15, 0.2) is 5.65 Å². The van der Waals surface area contributed by atoms with Gasteiger partial charge in [0.05, 0.1) is 6.20 Å². The van der Waals surface area contributed by atoms with Gasteiger partial charge >= 0.3 is 0 Å². The minimum atomic E-state index is 0.852. The standard InChI is InChI=1S/C8H8BrN3/c1-2-12-8-6(5-10-12)3-4-7(9)11-8/h3-5H,2H2,1H3. The summed E-state index contributed by atoms with van der Waals surface area (Å²) < 4.78 is 2.73. The van der Waals surface area contributed by atoms with Gasteiger partial charge in [-0.15, -0.1) is 0 Å². The van der Waals surface area contributed by atoms with Crippen molar-refractivity contribution < 1.29 is 0 Å². The zero-order valence-corrected chi connectivity index (χ0v) is 8.24. The van der Waals surface area contributed by atoms with Gasteiger partial charge in [-0.05, 0) is 35.0 Å². The second-order valence-corrected chi connectivity index (χ2v) is 3.32. The molecule has 0 aliphatic heterocycles. The molecule has 2 rings (SSSR count). The molecule has 4 heteroatoms. The minimum absolute atomic E-state index is 0.852. The zero-order valence-electron chi connectivity index (χ0n) is 6.66. The molecular formula is C8H8BrN3. The summed E-state index contributed by atoms with van der Waals surface area (Å²) >= 11 is 3.33. The fourth-order valence-electron chi connectivity index (χ4n) is 1.16. The Kier molecular flexibility index (Phi) is 1.84. The first kappa shape index (κ1) is 7.73. The van der Waals surface area contributed by atoms with Crippen molar-refractivity contribution in [3.05, 3.63) is 22.9 Å². The van der Waals surface area contributed by atoms with Gasteiger partial charge in [-0.3, -0.25) is 0 Å². The molecule has 2 aromatic rings. The Morgan fingerprint density at radius 1 is 1.50 bits per heavy atom. The average Bonchev–Trinajstić information content (AvgIpc) is 2.46. The van der Waals surface area contributed by atoms with E-state index in [4.69, 9.17) is 0 Å². The van der Waals surface area contributed by atoms with Crippen molar-refractivity contribution >= 4 is 27.0 Å². The number of hydrogen-bond acceptors (Lipinski definition) is 2. The van der Waals surface area contributed by atoms with E-state index < -0.39 is 0 Å². The normalized spacial score (nSPS) is 10.8. The maximum Gasteiger partial charge on any atom is 0.159 e. The third kappa shape index (κ3) is 1.12. The van der Waals surface area contributed by atoms with Crippen LogP contribution in [-0.2, 0) is 6.54 Å². The number of nitrogens with zero attached hydrogens (tertiary/aromatic N) is 3. The Morgan fingerprint density at radius 3 is 3.08 bits per heavy atom. The van der Waals surface area contributed by atoms with Crippen LogP contribution in [0.4, 0.5) is 0 Å². The number of fused-ring (bicyclic) bond motifs is 1. The molecule has 12 heavy (non-hydrogen) atoms. The summed E-state index contributed by atoms with van der Waals surface area (Å²) in [7, 11) is 0. The monoisotopic (exact) mass is 225 g/mol. The summed E-state index contributed by atoms with van der Waals surface area (Å²) in [4.78, 5) is 4.32.